The number of hydrogen-bond donors (Lipinski definition) is 2. The third kappa shape index (κ3) is 5.67. The predicted molar refractivity (Wildman–Crippen MR) is 144 cm³/mol. The van der Waals surface area contributed by atoms with E-state index in [-0.39, 0.29) is 17.7 Å². The molecule has 4 aromatic rings. The lowest BCUT2D eigenvalue weighted by Crippen LogP contribution is -2.36. The fourth-order valence-corrected chi connectivity index (χ4v) is 4.71. The Morgan fingerprint density at radius 1 is 0.919 bits per heavy atom. The van der Waals surface area contributed by atoms with Crippen molar-refractivity contribution in [2.45, 2.75) is 26.3 Å². The number of nitrogens with one attached hydrogen (secondary N) is 2. The molecule has 0 saturated heterocycles. The highest BCUT2D eigenvalue weighted by molar-refractivity contribution is 5.98. The summed E-state index contributed by atoms with van der Waals surface area (Å²) in [6.07, 6.45) is 0. The van der Waals surface area contributed by atoms with Crippen LogP contribution in [0.5, 0.6) is 0 Å². The maximum Gasteiger partial charge on any atom is 0.254 e. The van der Waals surface area contributed by atoms with Gasteiger partial charge in [0.25, 0.3) is 11.8 Å². The first-order valence-electron chi connectivity index (χ1n) is 12.4. The van der Waals surface area contributed by atoms with Crippen LogP contribution < -0.4 is 10.6 Å². The van der Waals surface area contributed by atoms with Crippen molar-refractivity contribution in [2.75, 3.05) is 18.4 Å². The van der Waals surface area contributed by atoms with E-state index in [4.69, 9.17) is 0 Å². The number of hydrogen-bond acceptors (Lipinski definition) is 5. The van der Waals surface area contributed by atoms with E-state index in [2.05, 4.69) is 20.6 Å². The summed E-state index contributed by atoms with van der Waals surface area (Å²) in [6.45, 7) is 5.34. The maximum absolute atomic E-state index is 13.1. The van der Waals surface area contributed by atoms with Crippen molar-refractivity contribution in [3.05, 3.63) is 119 Å². The smallest absolute Gasteiger partial charge is 0.254 e. The van der Waals surface area contributed by atoms with Gasteiger partial charge in [-0.15, -0.1) is 0 Å². The zero-order valence-corrected chi connectivity index (χ0v) is 20.9. The molecule has 0 spiro atoms. The van der Waals surface area contributed by atoms with E-state index in [0.29, 0.717) is 31.1 Å². The van der Waals surface area contributed by atoms with Crippen LogP contribution in [0.4, 0.5) is 11.6 Å². The van der Waals surface area contributed by atoms with Crippen LogP contribution in [-0.4, -0.2) is 39.8 Å². The molecular formula is C30H29N5O2. The minimum atomic E-state index is -0.179. The van der Waals surface area contributed by atoms with Crippen LogP contribution in [0.15, 0.2) is 84.9 Å². The van der Waals surface area contributed by atoms with Crippen molar-refractivity contribution >= 4 is 23.5 Å². The van der Waals surface area contributed by atoms with E-state index >= 15 is 0 Å². The summed E-state index contributed by atoms with van der Waals surface area (Å²) in [5.41, 5.74) is 5.89. The number of rotatable bonds is 8. The van der Waals surface area contributed by atoms with Crippen LogP contribution >= 0.6 is 0 Å². The number of carbonyl (C=O) groups is 2. The number of nitrogens with zero attached hydrogens (tertiary/aromatic N) is 3. The number of aromatic nitrogens is 2. The number of benzene rings is 3. The van der Waals surface area contributed by atoms with E-state index in [9.17, 15) is 9.59 Å². The van der Waals surface area contributed by atoms with Gasteiger partial charge in [-0.1, -0.05) is 54.6 Å². The lowest BCUT2D eigenvalue weighted by molar-refractivity contribution is 0.0767. The molecule has 2 heterocycles. The molecule has 0 bridgehead atoms. The number of carbonyl (C=O) groups excluding carboxylic acids is 2. The van der Waals surface area contributed by atoms with E-state index in [0.717, 1.165) is 33.8 Å². The maximum atomic E-state index is 13.1. The van der Waals surface area contributed by atoms with E-state index in [1.54, 1.807) is 12.1 Å². The molecule has 7 nitrogen and oxygen atoms in total. The van der Waals surface area contributed by atoms with Gasteiger partial charge in [0.1, 0.15) is 0 Å². The van der Waals surface area contributed by atoms with Gasteiger partial charge in [0.15, 0.2) is 0 Å². The van der Waals surface area contributed by atoms with Crippen molar-refractivity contribution in [1.29, 1.82) is 0 Å². The average Bonchev–Trinajstić information content (AvgIpc) is 3.21. The van der Waals surface area contributed by atoms with Crippen molar-refractivity contribution in [3.63, 3.8) is 0 Å². The topological polar surface area (TPSA) is 87.2 Å². The summed E-state index contributed by atoms with van der Waals surface area (Å²) in [6, 6.07) is 26.9. The Hall–Kier alpha value is -4.52. The molecule has 3 aromatic carbocycles. The van der Waals surface area contributed by atoms with Crippen molar-refractivity contribution in [2.24, 2.45) is 0 Å². The molecule has 1 aliphatic rings. The molecule has 7 heteroatoms. The van der Waals surface area contributed by atoms with Gasteiger partial charge < -0.3 is 15.5 Å². The van der Waals surface area contributed by atoms with Crippen molar-refractivity contribution in [1.82, 2.24) is 20.2 Å². The van der Waals surface area contributed by atoms with Gasteiger partial charge in [-0.3, -0.25) is 9.59 Å². The Bertz CT molecular complexity index is 1420. The SMILES string of the molecule is Cc1cc(C)nc(Nc2cccc(C(=O)NCC(CN3Cc4ccccc4C3=O)c3ccccc3)c2)n1. The summed E-state index contributed by atoms with van der Waals surface area (Å²) >= 11 is 0. The first-order valence-corrected chi connectivity index (χ1v) is 12.4. The number of amides is 2. The average molecular weight is 492 g/mol. The van der Waals surface area contributed by atoms with Crippen molar-refractivity contribution < 1.29 is 9.59 Å². The fraction of sp³-hybridized carbons (Fsp3) is 0.200. The van der Waals surface area contributed by atoms with Crippen LogP contribution in [0.2, 0.25) is 0 Å². The highest BCUT2D eigenvalue weighted by atomic mass is 16.2. The molecule has 37 heavy (non-hydrogen) atoms. The van der Waals surface area contributed by atoms with E-state index < -0.39 is 0 Å². The Morgan fingerprint density at radius 2 is 1.65 bits per heavy atom. The van der Waals surface area contributed by atoms with Crippen LogP contribution in [-0.2, 0) is 6.54 Å². The number of aryl methyl sites for hydroxylation is 2. The van der Waals surface area contributed by atoms with Gasteiger partial charge in [0, 0.05) is 53.8 Å². The molecule has 2 N–H and O–H groups in total. The predicted octanol–water partition coefficient (Wildman–Crippen LogP) is 5.01. The quantitative estimate of drug-likeness (QED) is 0.362. The second kappa shape index (κ2) is 10.6. The van der Waals surface area contributed by atoms with Gasteiger partial charge >= 0.3 is 0 Å². The van der Waals surface area contributed by atoms with E-state index in [1.807, 2.05) is 91.5 Å². The van der Waals surface area contributed by atoms with Crippen LogP contribution in [0.3, 0.4) is 0 Å². The summed E-state index contributed by atoms with van der Waals surface area (Å²) in [5.74, 6) is 0.307. The van der Waals surface area contributed by atoms with Crippen LogP contribution in [0, 0.1) is 13.8 Å². The number of anilines is 2. The molecular weight excluding hydrogens is 462 g/mol. The monoisotopic (exact) mass is 491 g/mol. The Kier molecular flexibility index (Phi) is 6.94. The standard InChI is InChI=1S/C30H29N5O2/c1-20-15-21(2)33-30(32-20)34-26-13-8-12-23(16-26)28(36)31-17-25(22-9-4-3-5-10-22)19-35-18-24-11-6-7-14-27(24)29(35)37/h3-16,25H,17-19H2,1-2H3,(H,31,36)(H,32,33,34). The van der Waals surface area contributed by atoms with Gasteiger partial charge in [-0.05, 0) is 55.3 Å². The third-order valence-electron chi connectivity index (χ3n) is 6.48. The molecule has 1 aliphatic heterocycles. The summed E-state index contributed by atoms with van der Waals surface area (Å²) in [5, 5.41) is 6.27. The highest BCUT2D eigenvalue weighted by Gasteiger charge is 2.29. The largest absolute Gasteiger partial charge is 0.351 e. The molecule has 1 aromatic heterocycles. The molecule has 0 saturated carbocycles. The van der Waals surface area contributed by atoms with Gasteiger partial charge in [-0.2, -0.15) is 0 Å². The molecule has 1 atom stereocenters. The second-order valence-electron chi connectivity index (χ2n) is 9.34. The third-order valence-corrected chi connectivity index (χ3v) is 6.48. The molecule has 1 unspecified atom stereocenters. The fourth-order valence-electron chi connectivity index (χ4n) is 4.71. The second-order valence-corrected chi connectivity index (χ2v) is 9.34. The summed E-state index contributed by atoms with van der Waals surface area (Å²) < 4.78 is 0. The molecule has 0 aliphatic carbocycles. The Morgan fingerprint density at radius 3 is 2.41 bits per heavy atom. The molecule has 0 fully saturated rings. The minimum absolute atomic E-state index is 0.0373. The first kappa shape index (κ1) is 24.2. The molecule has 5 rings (SSSR count). The molecule has 0 radical (unpaired) electrons. The van der Waals surface area contributed by atoms with Gasteiger partial charge in [0.2, 0.25) is 5.95 Å². The normalized spacial score (nSPS) is 13.2. The Balaban J connectivity index is 1.28. The highest BCUT2D eigenvalue weighted by Crippen LogP contribution is 2.26. The number of fused-ring (bicyclic) bond motifs is 1. The van der Waals surface area contributed by atoms with Gasteiger partial charge in [-0.25, -0.2) is 9.97 Å². The lowest BCUT2D eigenvalue weighted by Gasteiger charge is -2.24. The van der Waals surface area contributed by atoms with Gasteiger partial charge in [0.05, 0.1) is 0 Å². The minimum Gasteiger partial charge on any atom is -0.351 e. The summed E-state index contributed by atoms with van der Waals surface area (Å²) in [7, 11) is 0. The zero-order chi connectivity index (χ0) is 25.8. The van der Waals surface area contributed by atoms with Crippen molar-refractivity contribution in [3.8, 4) is 0 Å². The van der Waals surface area contributed by atoms with Crippen LogP contribution in [0.1, 0.15) is 49.1 Å². The molecule has 186 valence electrons. The van der Waals surface area contributed by atoms with Crippen LogP contribution in [0.25, 0.3) is 0 Å². The lowest BCUT2D eigenvalue weighted by atomic mass is 9.98. The zero-order valence-electron chi connectivity index (χ0n) is 20.9. The first-order chi connectivity index (χ1) is 18.0. The summed E-state index contributed by atoms with van der Waals surface area (Å²) in [4.78, 5) is 36.8. The molecule has 2 amide bonds. The van der Waals surface area contributed by atoms with E-state index in [1.165, 1.54) is 0 Å². The Labute approximate surface area is 216 Å².